The van der Waals surface area contributed by atoms with Crippen LogP contribution >= 0.6 is 0 Å². The third kappa shape index (κ3) is 2.47. The number of hydrogen-bond donors (Lipinski definition) is 1. The van der Waals surface area contributed by atoms with Crippen molar-refractivity contribution in [3.63, 3.8) is 0 Å². The van der Waals surface area contributed by atoms with Gasteiger partial charge in [0.1, 0.15) is 6.42 Å². The SMILES string of the molecule is CCc1cnccc1-c1noc(CC(=O)O)n1. The largest absolute Gasteiger partial charge is 0.481 e. The molecule has 0 radical (unpaired) electrons. The summed E-state index contributed by atoms with van der Waals surface area (Å²) in [4.78, 5) is 18.6. The van der Waals surface area contributed by atoms with Crippen molar-refractivity contribution in [2.45, 2.75) is 19.8 Å². The molecule has 6 heteroatoms. The van der Waals surface area contributed by atoms with Crippen molar-refractivity contribution in [2.75, 3.05) is 0 Å². The summed E-state index contributed by atoms with van der Waals surface area (Å²) < 4.78 is 4.87. The Kier molecular flexibility index (Phi) is 3.13. The van der Waals surface area contributed by atoms with Crippen LogP contribution in [-0.2, 0) is 17.6 Å². The summed E-state index contributed by atoms with van der Waals surface area (Å²) >= 11 is 0. The third-order valence-electron chi connectivity index (χ3n) is 2.30. The van der Waals surface area contributed by atoms with Crippen LogP contribution in [-0.4, -0.2) is 26.2 Å². The second-order valence-electron chi connectivity index (χ2n) is 3.47. The van der Waals surface area contributed by atoms with E-state index in [1.165, 1.54) is 0 Å². The van der Waals surface area contributed by atoms with Crippen LogP contribution in [0.25, 0.3) is 11.4 Å². The lowest BCUT2D eigenvalue weighted by Crippen LogP contribution is -2.00. The molecule has 0 aliphatic rings. The number of rotatable bonds is 4. The van der Waals surface area contributed by atoms with Crippen molar-refractivity contribution in [1.29, 1.82) is 0 Å². The van der Waals surface area contributed by atoms with Crippen molar-refractivity contribution in [3.8, 4) is 11.4 Å². The zero-order valence-electron chi connectivity index (χ0n) is 9.25. The molecule has 6 nitrogen and oxygen atoms in total. The zero-order valence-corrected chi connectivity index (χ0v) is 9.25. The average molecular weight is 233 g/mol. The molecule has 88 valence electrons. The highest BCUT2D eigenvalue weighted by Gasteiger charge is 2.13. The van der Waals surface area contributed by atoms with Crippen molar-refractivity contribution < 1.29 is 14.4 Å². The molecule has 0 aliphatic heterocycles. The molecule has 0 aliphatic carbocycles. The molecule has 2 aromatic rings. The number of aromatic nitrogens is 3. The van der Waals surface area contributed by atoms with Gasteiger partial charge in [0.05, 0.1) is 0 Å². The van der Waals surface area contributed by atoms with Crippen molar-refractivity contribution in [1.82, 2.24) is 15.1 Å². The summed E-state index contributed by atoms with van der Waals surface area (Å²) in [7, 11) is 0. The minimum atomic E-state index is -0.995. The molecule has 17 heavy (non-hydrogen) atoms. The quantitative estimate of drug-likeness (QED) is 0.856. The molecule has 2 heterocycles. The van der Waals surface area contributed by atoms with E-state index in [0.29, 0.717) is 5.82 Å². The van der Waals surface area contributed by atoms with Gasteiger partial charge >= 0.3 is 5.97 Å². The molecule has 0 atom stereocenters. The second-order valence-corrected chi connectivity index (χ2v) is 3.47. The molecular weight excluding hydrogens is 222 g/mol. The number of nitrogens with zero attached hydrogens (tertiary/aromatic N) is 3. The Morgan fingerprint density at radius 3 is 3.06 bits per heavy atom. The molecule has 0 saturated heterocycles. The highest BCUT2D eigenvalue weighted by atomic mass is 16.5. The maximum atomic E-state index is 10.5. The van der Waals surface area contributed by atoms with Crippen molar-refractivity contribution >= 4 is 5.97 Å². The maximum absolute atomic E-state index is 10.5. The van der Waals surface area contributed by atoms with E-state index in [9.17, 15) is 4.79 Å². The first-order valence-electron chi connectivity index (χ1n) is 5.18. The highest BCUT2D eigenvalue weighted by molar-refractivity contribution is 5.69. The minimum absolute atomic E-state index is 0.103. The first-order chi connectivity index (χ1) is 8.20. The Labute approximate surface area is 97.3 Å². The van der Waals surface area contributed by atoms with Gasteiger partial charge in [-0.25, -0.2) is 0 Å². The first-order valence-corrected chi connectivity index (χ1v) is 5.18. The van der Waals surface area contributed by atoms with E-state index in [0.717, 1.165) is 17.5 Å². The van der Waals surface area contributed by atoms with Gasteiger partial charge in [-0.15, -0.1) is 0 Å². The van der Waals surface area contributed by atoms with Gasteiger partial charge in [0.25, 0.3) is 0 Å². The second kappa shape index (κ2) is 4.73. The molecule has 0 aromatic carbocycles. The zero-order chi connectivity index (χ0) is 12.3. The summed E-state index contributed by atoms with van der Waals surface area (Å²) in [5.41, 5.74) is 1.82. The van der Waals surface area contributed by atoms with Crippen LogP contribution in [0, 0.1) is 0 Å². The summed E-state index contributed by atoms with van der Waals surface area (Å²) in [5.74, 6) is -0.488. The molecule has 1 N–H and O–H groups in total. The average Bonchev–Trinajstić information content (AvgIpc) is 2.76. The van der Waals surface area contributed by atoms with Crippen molar-refractivity contribution in [3.05, 3.63) is 29.9 Å². The van der Waals surface area contributed by atoms with Crippen LogP contribution in [0.4, 0.5) is 0 Å². The molecule has 2 rings (SSSR count). The lowest BCUT2D eigenvalue weighted by atomic mass is 10.1. The van der Waals surface area contributed by atoms with Gasteiger partial charge in [-0.3, -0.25) is 9.78 Å². The monoisotopic (exact) mass is 233 g/mol. The Bertz CT molecular complexity index is 536. The third-order valence-corrected chi connectivity index (χ3v) is 2.30. The predicted octanol–water partition coefficient (Wildman–Crippen LogP) is 1.32. The van der Waals surface area contributed by atoms with Gasteiger partial charge in [0.2, 0.25) is 11.7 Å². The highest BCUT2D eigenvalue weighted by Crippen LogP contribution is 2.20. The molecule has 0 fully saturated rings. The predicted molar refractivity (Wildman–Crippen MR) is 58.2 cm³/mol. The van der Waals surface area contributed by atoms with Gasteiger partial charge in [-0.2, -0.15) is 4.98 Å². The van der Waals surface area contributed by atoms with E-state index in [2.05, 4.69) is 15.1 Å². The van der Waals surface area contributed by atoms with Crippen LogP contribution in [0.5, 0.6) is 0 Å². The minimum Gasteiger partial charge on any atom is -0.481 e. The van der Waals surface area contributed by atoms with Gasteiger partial charge in [-0.05, 0) is 18.1 Å². The van der Waals surface area contributed by atoms with Gasteiger partial charge in [-0.1, -0.05) is 12.1 Å². The Balaban J connectivity index is 2.33. The summed E-state index contributed by atoms with van der Waals surface area (Å²) in [6.45, 7) is 2.00. The number of aryl methyl sites for hydroxylation is 1. The molecule has 0 saturated carbocycles. The Hall–Kier alpha value is -2.24. The maximum Gasteiger partial charge on any atom is 0.312 e. The topological polar surface area (TPSA) is 89.1 Å². The fourth-order valence-corrected chi connectivity index (χ4v) is 1.49. The normalized spacial score (nSPS) is 10.4. The fourth-order valence-electron chi connectivity index (χ4n) is 1.49. The fraction of sp³-hybridized carbons (Fsp3) is 0.273. The lowest BCUT2D eigenvalue weighted by Gasteiger charge is -2.00. The molecule has 0 spiro atoms. The molecule has 2 aromatic heterocycles. The Morgan fingerprint density at radius 2 is 2.35 bits per heavy atom. The molecule has 0 amide bonds. The standard InChI is InChI=1S/C11H11N3O3/c1-2-7-6-12-4-3-8(7)11-13-9(17-14-11)5-10(15)16/h3-4,6H,2,5H2,1H3,(H,15,16). The Morgan fingerprint density at radius 1 is 1.53 bits per heavy atom. The van der Waals surface area contributed by atoms with Crippen LogP contribution in [0.15, 0.2) is 23.0 Å². The summed E-state index contributed by atoms with van der Waals surface area (Å²) in [6, 6.07) is 1.79. The van der Waals surface area contributed by atoms with E-state index in [1.807, 2.05) is 6.92 Å². The van der Waals surface area contributed by atoms with Crippen LogP contribution in [0.2, 0.25) is 0 Å². The number of hydrogen-bond acceptors (Lipinski definition) is 5. The molecule has 0 bridgehead atoms. The number of carbonyl (C=O) groups is 1. The number of pyridine rings is 1. The van der Waals surface area contributed by atoms with E-state index < -0.39 is 5.97 Å². The van der Waals surface area contributed by atoms with Crippen LogP contribution in [0.1, 0.15) is 18.4 Å². The van der Waals surface area contributed by atoms with Crippen LogP contribution < -0.4 is 0 Å². The van der Waals surface area contributed by atoms with Gasteiger partial charge in [0.15, 0.2) is 0 Å². The first kappa shape index (κ1) is 11.3. The van der Waals surface area contributed by atoms with Gasteiger partial charge in [0, 0.05) is 18.0 Å². The smallest absolute Gasteiger partial charge is 0.312 e. The molecular formula is C11H11N3O3. The molecule has 0 unspecified atom stereocenters. The van der Waals surface area contributed by atoms with E-state index >= 15 is 0 Å². The van der Waals surface area contributed by atoms with E-state index in [4.69, 9.17) is 9.63 Å². The van der Waals surface area contributed by atoms with Gasteiger partial charge < -0.3 is 9.63 Å². The number of aliphatic carboxylic acids is 1. The van der Waals surface area contributed by atoms with Crippen LogP contribution in [0.3, 0.4) is 0 Å². The summed E-state index contributed by atoms with van der Waals surface area (Å²) in [5, 5.41) is 12.4. The summed E-state index contributed by atoms with van der Waals surface area (Å²) in [6.07, 6.45) is 3.91. The van der Waals surface area contributed by atoms with E-state index in [1.54, 1.807) is 18.5 Å². The number of carboxylic acids is 1. The van der Waals surface area contributed by atoms with Crippen molar-refractivity contribution in [2.24, 2.45) is 0 Å². The lowest BCUT2D eigenvalue weighted by molar-refractivity contribution is -0.136. The van der Waals surface area contributed by atoms with E-state index in [-0.39, 0.29) is 12.3 Å². The number of carboxylic acid groups (broad SMARTS) is 1.